The predicted molar refractivity (Wildman–Crippen MR) is 84.4 cm³/mol. The smallest absolute Gasteiger partial charge is 0.223 e. The molecule has 1 aliphatic rings. The zero-order chi connectivity index (χ0) is 18.6. The summed E-state index contributed by atoms with van der Waals surface area (Å²) < 4.78 is 16.3. The molecule has 1 aliphatic heterocycles. The van der Waals surface area contributed by atoms with Gasteiger partial charge in [0.15, 0.2) is 11.5 Å². The molecule has 1 heterocycles. The Morgan fingerprint density at radius 1 is 1.32 bits per heavy atom. The maximum atomic E-state index is 11.4. The van der Waals surface area contributed by atoms with E-state index in [1.165, 1.54) is 32.2 Å². The third-order valence-electron chi connectivity index (χ3n) is 3.82. The third-order valence-corrected chi connectivity index (χ3v) is 3.82. The number of carbonyl (C=O) groups is 2. The normalized spacial score (nSPS) is 28.9. The predicted octanol–water partition coefficient (Wildman–Crippen LogP) is -1.17. The van der Waals surface area contributed by atoms with Crippen molar-refractivity contribution in [1.82, 2.24) is 5.32 Å². The first kappa shape index (κ1) is 19.1. The lowest BCUT2D eigenvalue weighted by Gasteiger charge is -2.42. The summed E-state index contributed by atoms with van der Waals surface area (Å²) in [7, 11) is 1.39. The summed E-state index contributed by atoms with van der Waals surface area (Å²) >= 11 is 0. The molecule has 1 aromatic carbocycles. The van der Waals surface area contributed by atoms with Gasteiger partial charge in [-0.1, -0.05) is 0 Å². The number of amides is 1. The average molecular weight is 355 g/mol. The zero-order valence-corrected chi connectivity index (χ0v) is 13.8. The summed E-state index contributed by atoms with van der Waals surface area (Å²) in [5.74, 6) is -0.0103. The molecule has 138 valence electrons. The lowest BCUT2D eigenvalue weighted by Crippen LogP contribution is -2.65. The topological polar surface area (TPSA) is 135 Å². The highest BCUT2D eigenvalue weighted by molar-refractivity contribution is 5.76. The van der Waals surface area contributed by atoms with Gasteiger partial charge < -0.3 is 34.8 Å². The molecule has 0 aliphatic carbocycles. The minimum absolute atomic E-state index is 0.203. The SMILES string of the molecule is COc1cc(C=O)ccc1O[C@@H]1O[C@H](CO)[C@H](O)[C@@H](O)[C@@H]1NC(C)=O. The Labute approximate surface area is 144 Å². The number of nitrogens with one attached hydrogen (secondary N) is 1. The Bertz CT molecular complexity index is 622. The average Bonchev–Trinajstić information content (AvgIpc) is 2.61. The molecule has 2 rings (SSSR count). The van der Waals surface area contributed by atoms with E-state index in [-0.39, 0.29) is 11.5 Å². The molecule has 0 saturated carbocycles. The van der Waals surface area contributed by atoms with Gasteiger partial charge in [-0.2, -0.15) is 0 Å². The first-order valence-electron chi connectivity index (χ1n) is 7.60. The molecule has 25 heavy (non-hydrogen) atoms. The van der Waals surface area contributed by atoms with Crippen LogP contribution in [-0.4, -0.2) is 71.9 Å². The van der Waals surface area contributed by atoms with Gasteiger partial charge in [0.05, 0.1) is 13.7 Å². The number of methoxy groups -OCH3 is 1. The zero-order valence-electron chi connectivity index (χ0n) is 13.8. The number of ether oxygens (including phenoxy) is 3. The van der Waals surface area contributed by atoms with E-state index in [2.05, 4.69) is 5.32 Å². The Morgan fingerprint density at radius 2 is 2.04 bits per heavy atom. The van der Waals surface area contributed by atoms with Crippen LogP contribution in [0.3, 0.4) is 0 Å². The van der Waals surface area contributed by atoms with Crippen molar-refractivity contribution in [1.29, 1.82) is 0 Å². The van der Waals surface area contributed by atoms with E-state index >= 15 is 0 Å². The van der Waals surface area contributed by atoms with Gasteiger partial charge in [-0.05, 0) is 18.2 Å². The van der Waals surface area contributed by atoms with Crippen LogP contribution >= 0.6 is 0 Å². The van der Waals surface area contributed by atoms with E-state index in [1.54, 1.807) is 0 Å². The van der Waals surface area contributed by atoms with E-state index in [0.29, 0.717) is 11.8 Å². The Morgan fingerprint density at radius 3 is 2.60 bits per heavy atom. The number of aliphatic hydroxyl groups is 3. The summed E-state index contributed by atoms with van der Waals surface area (Å²) in [6.07, 6.45) is -4.47. The quantitative estimate of drug-likeness (QED) is 0.469. The van der Waals surface area contributed by atoms with Crippen LogP contribution in [0.4, 0.5) is 0 Å². The third kappa shape index (κ3) is 4.26. The molecular formula is C16H21NO8. The van der Waals surface area contributed by atoms with E-state index < -0.39 is 43.2 Å². The molecule has 0 bridgehead atoms. The van der Waals surface area contributed by atoms with Gasteiger partial charge in [0.2, 0.25) is 12.2 Å². The molecule has 0 unspecified atom stereocenters. The molecule has 9 heteroatoms. The summed E-state index contributed by atoms with van der Waals surface area (Å²) in [6.45, 7) is 0.694. The van der Waals surface area contributed by atoms with E-state index in [1.807, 2.05) is 0 Å². The number of aliphatic hydroxyl groups excluding tert-OH is 3. The van der Waals surface area contributed by atoms with Crippen LogP contribution in [0.5, 0.6) is 11.5 Å². The monoisotopic (exact) mass is 355 g/mol. The molecule has 1 aromatic rings. The highest BCUT2D eigenvalue weighted by Gasteiger charge is 2.46. The van der Waals surface area contributed by atoms with Crippen molar-refractivity contribution >= 4 is 12.2 Å². The van der Waals surface area contributed by atoms with Crippen molar-refractivity contribution in [2.75, 3.05) is 13.7 Å². The minimum Gasteiger partial charge on any atom is -0.493 e. The molecule has 9 nitrogen and oxygen atoms in total. The Kier molecular flexibility index (Phi) is 6.32. The molecule has 0 aromatic heterocycles. The number of carbonyl (C=O) groups excluding carboxylic acids is 2. The van der Waals surface area contributed by atoms with E-state index in [9.17, 15) is 24.9 Å². The fraction of sp³-hybridized carbons (Fsp3) is 0.500. The van der Waals surface area contributed by atoms with Crippen molar-refractivity contribution in [3.63, 3.8) is 0 Å². The van der Waals surface area contributed by atoms with Crippen LogP contribution in [0, 0.1) is 0 Å². The molecule has 1 saturated heterocycles. The highest BCUT2D eigenvalue weighted by Crippen LogP contribution is 2.31. The highest BCUT2D eigenvalue weighted by atomic mass is 16.7. The van der Waals surface area contributed by atoms with Crippen molar-refractivity contribution in [2.24, 2.45) is 0 Å². The van der Waals surface area contributed by atoms with Crippen molar-refractivity contribution < 1.29 is 39.1 Å². The maximum Gasteiger partial charge on any atom is 0.223 e. The fourth-order valence-corrected chi connectivity index (χ4v) is 2.55. The second-order valence-corrected chi connectivity index (χ2v) is 5.58. The fourth-order valence-electron chi connectivity index (χ4n) is 2.55. The lowest BCUT2D eigenvalue weighted by atomic mass is 9.97. The van der Waals surface area contributed by atoms with E-state index in [4.69, 9.17) is 14.2 Å². The standard InChI is InChI=1S/C16H21NO8/c1-8(20)17-13-15(22)14(21)12(7-19)25-16(13)24-10-4-3-9(6-18)5-11(10)23-2/h3-6,12-16,19,21-22H,7H2,1-2H3,(H,17,20)/t12-,13+,14+,15+,16-/m1/s1. The summed E-state index contributed by atoms with van der Waals surface area (Å²) in [4.78, 5) is 22.2. The van der Waals surface area contributed by atoms with Gasteiger partial charge in [-0.25, -0.2) is 0 Å². The number of rotatable bonds is 6. The van der Waals surface area contributed by atoms with Crippen LogP contribution in [0.1, 0.15) is 17.3 Å². The van der Waals surface area contributed by atoms with Gasteiger partial charge in [-0.15, -0.1) is 0 Å². The second-order valence-electron chi connectivity index (χ2n) is 5.58. The van der Waals surface area contributed by atoms with Crippen molar-refractivity contribution in [3.8, 4) is 11.5 Å². The van der Waals surface area contributed by atoms with Crippen LogP contribution in [0.25, 0.3) is 0 Å². The molecule has 1 amide bonds. The van der Waals surface area contributed by atoms with Gasteiger partial charge in [0, 0.05) is 12.5 Å². The molecule has 5 atom stereocenters. The molecule has 0 radical (unpaired) electrons. The summed E-state index contributed by atoms with van der Waals surface area (Å²) in [6, 6.07) is 3.34. The first-order chi connectivity index (χ1) is 11.9. The van der Waals surface area contributed by atoms with Gasteiger partial charge in [-0.3, -0.25) is 9.59 Å². The minimum atomic E-state index is -1.42. The first-order valence-corrected chi connectivity index (χ1v) is 7.60. The summed E-state index contributed by atoms with van der Waals surface area (Å²) in [5.41, 5.74) is 0.371. The van der Waals surface area contributed by atoms with Gasteiger partial charge >= 0.3 is 0 Å². The lowest BCUT2D eigenvalue weighted by molar-refractivity contribution is -0.244. The van der Waals surface area contributed by atoms with Crippen molar-refractivity contribution in [3.05, 3.63) is 23.8 Å². The Balaban J connectivity index is 2.29. The maximum absolute atomic E-state index is 11.4. The number of benzene rings is 1. The summed E-state index contributed by atoms with van der Waals surface area (Å²) in [5, 5.41) is 32.0. The van der Waals surface area contributed by atoms with Gasteiger partial charge in [0.1, 0.15) is 30.6 Å². The Hall–Kier alpha value is -2.20. The largest absolute Gasteiger partial charge is 0.493 e. The van der Waals surface area contributed by atoms with Crippen LogP contribution in [0.2, 0.25) is 0 Å². The molecule has 0 spiro atoms. The number of hydrogen-bond donors (Lipinski definition) is 4. The number of aldehydes is 1. The van der Waals surface area contributed by atoms with Crippen molar-refractivity contribution in [2.45, 2.75) is 37.6 Å². The number of hydrogen-bond acceptors (Lipinski definition) is 8. The molecular weight excluding hydrogens is 334 g/mol. The van der Waals surface area contributed by atoms with Crippen LogP contribution < -0.4 is 14.8 Å². The van der Waals surface area contributed by atoms with E-state index in [0.717, 1.165) is 0 Å². The second kappa shape index (κ2) is 8.26. The molecule has 1 fully saturated rings. The molecule has 4 N–H and O–H groups in total. The van der Waals surface area contributed by atoms with Crippen LogP contribution in [-0.2, 0) is 9.53 Å². The van der Waals surface area contributed by atoms with Gasteiger partial charge in [0.25, 0.3) is 0 Å². The van der Waals surface area contributed by atoms with Crippen LogP contribution in [0.15, 0.2) is 18.2 Å².